The third-order valence-corrected chi connectivity index (χ3v) is 4.49. The second-order valence-corrected chi connectivity index (χ2v) is 5.83. The van der Waals surface area contributed by atoms with Gasteiger partial charge in [-0.1, -0.05) is 12.1 Å². The van der Waals surface area contributed by atoms with Gasteiger partial charge < -0.3 is 5.32 Å². The number of hydrogen-bond donors (Lipinski definition) is 1. The molecule has 1 aromatic carbocycles. The number of carbonyl (C=O) groups excluding carboxylic acids is 2. The molecule has 2 aromatic rings. The van der Waals surface area contributed by atoms with E-state index in [4.69, 9.17) is 0 Å². The molecule has 21 heavy (non-hydrogen) atoms. The summed E-state index contributed by atoms with van der Waals surface area (Å²) in [6.07, 6.45) is 0.250. The first kappa shape index (κ1) is 15.7. The lowest BCUT2D eigenvalue weighted by Crippen LogP contribution is -2.18. The molecule has 0 spiro atoms. The maximum Gasteiger partial charge on any atom is 0.251 e. The van der Waals surface area contributed by atoms with Gasteiger partial charge in [0, 0.05) is 26.1 Å². The number of Topliss-reactive ketones (excluding diaryl/α,β-unsaturated/α-hetero) is 1. The zero-order valence-corrected chi connectivity index (χ0v) is 14.3. The molecule has 1 amide bonds. The van der Waals surface area contributed by atoms with Crippen LogP contribution >= 0.6 is 22.6 Å². The smallest absolute Gasteiger partial charge is 0.251 e. The summed E-state index contributed by atoms with van der Waals surface area (Å²) in [5.41, 5.74) is 2.83. The third kappa shape index (κ3) is 3.31. The average molecular weight is 397 g/mol. The highest BCUT2D eigenvalue weighted by Gasteiger charge is 2.18. The van der Waals surface area contributed by atoms with Crippen molar-refractivity contribution in [1.29, 1.82) is 0 Å². The quantitative estimate of drug-likeness (QED) is 0.635. The number of aromatic nitrogens is 2. The van der Waals surface area contributed by atoms with Gasteiger partial charge in [0.2, 0.25) is 0 Å². The normalized spacial score (nSPS) is 10.5. The van der Waals surface area contributed by atoms with E-state index < -0.39 is 0 Å². The van der Waals surface area contributed by atoms with Crippen molar-refractivity contribution in [3.05, 3.63) is 50.4 Å². The highest BCUT2D eigenvalue weighted by Crippen LogP contribution is 2.18. The summed E-state index contributed by atoms with van der Waals surface area (Å²) in [7, 11) is 3.35. The third-order valence-electron chi connectivity index (χ3n) is 3.19. The molecule has 0 bridgehead atoms. The van der Waals surface area contributed by atoms with Crippen LogP contribution < -0.4 is 5.32 Å². The Morgan fingerprint density at radius 1 is 1.38 bits per heavy atom. The summed E-state index contributed by atoms with van der Waals surface area (Å²) >= 11 is 2.14. The molecule has 1 aromatic heterocycles. The number of rotatable bonds is 4. The summed E-state index contributed by atoms with van der Waals surface area (Å²) in [4.78, 5) is 24.1. The van der Waals surface area contributed by atoms with Crippen molar-refractivity contribution in [3.8, 4) is 0 Å². The number of nitrogens with one attached hydrogen (secondary N) is 1. The fraction of sp³-hybridized carbons (Fsp3) is 0.267. The Kier molecular flexibility index (Phi) is 4.76. The van der Waals surface area contributed by atoms with E-state index in [0.717, 1.165) is 14.8 Å². The topological polar surface area (TPSA) is 64.0 Å². The molecule has 0 aliphatic rings. The minimum absolute atomic E-state index is 0.00319. The largest absolute Gasteiger partial charge is 0.355 e. The van der Waals surface area contributed by atoms with E-state index in [0.29, 0.717) is 11.3 Å². The molecule has 0 atom stereocenters. The molecule has 0 unspecified atom stereocenters. The summed E-state index contributed by atoms with van der Waals surface area (Å²) in [6, 6.07) is 7.10. The van der Waals surface area contributed by atoms with E-state index in [1.54, 1.807) is 37.0 Å². The summed E-state index contributed by atoms with van der Waals surface area (Å²) < 4.78 is 2.49. The maximum absolute atomic E-state index is 12.5. The Balaban J connectivity index is 2.26. The van der Waals surface area contributed by atoms with Crippen LogP contribution in [0.15, 0.2) is 24.3 Å². The molecular weight excluding hydrogens is 381 g/mol. The van der Waals surface area contributed by atoms with Crippen LogP contribution in [-0.2, 0) is 13.5 Å². The Morgan fingerprint density at radius 3 is 2.67 bits per heavy atom. The van der Waals surface area contributed by atoms with Crippen molar-refractivity contribution < 1.29 is 9.59 Å². The van der Waals surface area contributed by atoms with Crippen LogP contribution in [-0.4, -0.2) is 28.5 Å². The molecule has 0 radical (unpaired) electrons. The van der Waals surface area contributed by atoms with Crippen molar-refractivity contribution in [2.45, 2.75) is 13.3 Å². The molecule has 1 N–H and O–H groups in total. The van der Waals surface area contributed by atoms with Gasteiger partial charge in [0.1, 0.15) is 5.69 Å². The first-order chi connectivity index (χ1) is 9.93. The fourth-order valence-corrected chi connectivity index (χ4v) is 2.93. The van der Waals surface area contributed by atoms with Crippen LogP contribution in [0.2, 0.25) is 0 Å². The van der Waals surface area contributed by atoms with Crippen molar-refractivity contribution in [3.63, 3.8) is 0 Å². The van der Waals surface area contributed by atoms with Gasteiger partial charge in [-0.05, 0) is 47.2 Å². The zero-order chi connectivity index (χ0) is 15.6. The highest BCUT2D eigenvalue weighted by atomic mass is 127. The summed E-state index contributed by atoms with van der Waals surface area (Å²) in [6.45, 7) is 1.88. The second kappa shape index (κ2) is 6.38. The van der Waals surface area contributed by atoms with Crippen molar-refractivity contribution >= 4 is 34.3 Å². The number of halogens is 1. The van der Waals surface area contributed by atoms with Gasteiger partial charge in [0.25, 0.3) is 5.91 Å². The lowest BCUT2D eigenvalue weighted by atomic mass is 10.0. The van der Waals surface area contributed by atoms with Gasteiger partial charge in [-0.15, -0.1) is 0 Å². The molecule has 0 fully saturated rings. The van der Waals surface area contributed by atoms with Crippen LogP contribution in [0.1, 0.15) is 32.1 Å². The number of carbonyl (C=O) groups is 2. The van der Waals surface area contributed by atoms with Crippen molar-refractivity contribution in [2.24, 2.45) is 7.05 Å². The van der Waals surface area contributed by atoms with Gasteiger partial charge in [-0.2, -0.15) is 5.10 Å². The lowest BCUT2D eigenvalue weighted by molar-refractivity contribution is 0.0957. The Labute approximate surface area is 136 Å². The van der Waals surface area contributed by atoms with Crippen LogP contribution in [0.5, 0.6) is 0 Å². The molecule has 5 nitrogen and oxygen atoms in total. The lowest BCUT2D eigenvalue weighted by Gasteiger charge is -2.05. The standard InChI is InChI=1S/C15H16IN3O2/c1-9-13(16)14(19(3)18-9)12(20)8-10-5-4-6-11(7-10)15(21)17-2/h4-7H,8H2,1-3H3,(H,17,21). The van der Waals surface area contributed by atoms with E-state index in [1.165, 1.54) is 0 Å². The predicted octanol–water partition coefficient (Wildman–Crippen LogP) is 2.12. The summed E-state index contributed by atoms with van der Waals surface area (Å²) in [5, 5.41) is 6.83. The Hall–Kier alpha value is -1.70. The monoisotopic (exact) mass is 397 g/mol. The van der Waals surface area contributed by atoms with E-state index in [1.807, 2.05) is 13.0 Å². The van der Waals surface area contributed by atoms with Gasteiger partial charge >= 0.3 is 0 Å². The molecule has 0 saturated heterocycles. The highest BCUT2D eigenvalue weighted by molar-refractivity contribution is 14.1. The maximum atomic E-state index is 12.5. The minimum atomic E-state index is -0.157. The number of ketones is 1. The first-order valence-corrected chi connectivity index (χ1v) is 7.55. The first-order valence-electron chi connectivity index (χ1n) is 6.47. The Morgan fingerprint density at radius 2 is 2.10 bits per heavy atom. The second-order valence-electron chi connectivity index (χ2n) is 4.75. The van der Waals surface area contributed by atoms with Gasteiger partial charge in [0.15, 0.2) is 5.78 Å². The Bertz CT molecular complexity index is 707. The van der Waals surface area contributed by atoms with Crippen LogP contribution in [0, 0.1) is 10.5 Å². The van der Waals surface area contributed by atoms with E-state index in [-0.39, 0.29) is 18.1 Å². The minimum Gasteiger partial charge on any atom is -0.355 e. The molecule has 2 rings (SSSR count). The van der Waals surface area contributed by atoms with E-state index in [9.17, 15) is 9.59 Å². The molecule has 0 saturated carbocycles. The van der Waals surface area contributed by atoms with E-state index >= 15 is 0 Å². The number of hydrogen-bond acceptors (Lipinski definition) is 3. The SMILES string of the molecule is CNC(=O)c1cccc(CC(=O)c2c(I)c(C)nn2C)c1. The fourth-order valence-electron chi connectivity index (χ4n) is 2.17. The van der Waals surface area contributed by atoms with Gasteiger partial charge in [-0.3, -0.25) is 14.3 Å². The summed E-state index contributed by atoms with van der Waals surface area (Å²) in [5.74, 6) is -0.160. The number of amides is 1. The van der Waals surface area contributed by atoms with Crippen LogP contribution in [0.25, 0.3) is 0 Å². The number of aryl methyl sites for hydroxylation is 2. The predicted molar refractivity (Wildman–Crippen MR) is 88.5 cm³/mol. The molecular formula is C15H16IN3O2. The molecule has 6 heteroatoms. The van der Waals surface area contributed by atoms with E-state index in [2.05, 4.69) is 33.0 Å². The molecule has 0 aliphatic carbocycles. The molecule has 110 valence electrons. The number of nitrogens with zero attached hydrogens (tertiary/aromatic N) is 2. The zero-order valence-electron chi connectivity index (χ0n) is 12.1. The van der Waals surface area contributed by atoms with Crippen molar-refractivity contribution in [2.75, 3.05) is 7.05 Å². The van der Waals surface area contributed by atoms with Crippen LogP contribution in [0.4, 0.5) is 0 Å². The van der Waals surface area contributed by atoms with Gasteiger partial charge in [-0.25, -0.2) is 0 Å². The molecule has 0 aliphatic heterocycles. The molecule has 1 heterocycles. The van der Waals surface area contributed by atoms with Crippen molar-refractivity contribution in [1.82, 2.24) is 15.1 Å². The average Bonchev–Trinajstić information content (AvgIpc) is 2.71. The van der Waals surface area contributed by atoms with Crippen LogP contribution in [0.3, 0.4) is 0 Å². The number of benzene rings is 1. The van der Waals surface area contributed by atoms with Gasteiger partial charge in [0.05, 0.1) is 9.26 Å².